The van der Waals surface area contributed by atoms with Gasteiger partial charge in [-0.05, 0) is 30.0 Å². The molecule has 1 nitrogen and oxygen atoms in total. The highest BCUT2D eigenvalue weighted by Gasteiger charge is 2.36. The van der Waals surface area contributed by atoms with E-state index in [1.807, 2.05) is 30.3 Å². The van der Waals surface area contributed by atoms with Gasteiger partial charge in [0.15, 0.2) is 0 Å². The summed E-state index contributed by atoms with van der Waals surface area (Å²) in [5.41, 5.74) is 8.89. The molecule has 0 radical (unpaired) electrons. The zero-order valence-electron chi connectivity index (χ0n) is 12.1. The molecule has 0 heterocycles. The highest BCUT2D eigenvalue weighted by molar-refractivity contribution is 6.31. The fraction of sp³-hybridized carbons (Fsp3) is 0.333. The van der Waals surface area contributed by atoms with Gasteiger partial charge in [0.2, 0.25) is 0 Å². The normalized spacial score (nSPS) is 13.2. The molecule has 20 heavy (non-hydrogen) atoms. The van der Waals surface area contributed by atoms with Gasteiger partial charge in [-0.3, -0.25) is 0 Å². The summed E-state index contributed by atoms with van der Waals surface area (Å²) < 4.78 is 0. The number of benzene rings is 2. The number of rotatable bonds is 5. The summed E-state index contributed by atoms with van der Waals surface area (Å²) in [6.45, 7) is 4.40. The predicted octanol–water partition coefficient (Wildman–Crippen LogP) is 5.10. The third-order valence-corrected chi connectivity index (χ3v) is 4.79. The summed E-state index contributed by atoms with van der Waals surface area (Å²) in [5.74, 6) is 0. The van der Waals surface area contributed by atoms with E-state index in [0.717, 1.165) is 23.4 Å². The SMILES string of the molecule is CCC(CC)(c1ccccc1)C(N)c1ccccc1Cl. The fourth-order valence-electron chi connectivity index (χ4n) is 3.07. The van der Waals surface area contributed by atoms with Crippen molar-refractivity contribution in [1.29, 1.82) is 0 Å². The van der Waals surface area contributed by atoms with E-state index in [9.17, 15) is 0 Å². The molecule has 0 amide bonds. The summed E-state index contributed by atoms with van der Waals surface area (Å²) in [5, 5.41) is 0.752. The van der Waals surface area contributed by atoms with Crippen LogP contribution in [0.1, 0.15) is 43.9 Å². The molecule has 2 aromatic carbocycles. The van der Waals surface area contributed by atoms with Crippen molar-refractivity contribution in [1.82, 2.24) is 0 Å². The van der Waals surface area contributed by atoms with Crippen molar-refractivity contribution >= 4 is 11.6 Å². The minimum absolute atomic E-state index is 0.0771. The van der Waals surface area contributed by atoms with E-state index < -0.39 is 0 Å². The van der Waals surface area contributed by atoms with Gasteiger partial charge in [-0.25, -0.2) is 0 Å². The van der Waals surface area contributed by atoms with Crippen LogP contribution in [0.5, 0.6) is 0 Å². The summed E-state index contributed by atoms with van der Waals surface area (Å²) in [6.07, 6.45) is 1.97. The van der Waals surface area contributed by atoms with Gasteiger partial charge in [-0.1, -0.05) is 74.0 Å². The molecule has 0 aliphatic heterocycles. The molecule has 0 fully saturated rings. The monoisotopic (exact) mass is 287 g/mol. The Balaban J connectivity index is 2.51. The second-order valence-electron chi connectivity index (χ2n) is 5.23. The average molecular weight is 288 g/mol. The van der Waals surface area contributed by atoms with E-state index in [0.29, 0.717) is 0 Å². The smallest absolute Gasteiger partial charge is 0.0454 e. The number of hydrogen-bond acceptors (Lipinski definition) is 1. The molecule has 0 saturated heterocycles. The second-order valence-corrected chi connectivity index (χ2v) is 5.64. The summed E-state index contributed by atoms with van der Waals surface area (Å²) in [6, 6.07) is 18.3. The molecule has 0 spiro atoms. The van der Waals surface area contributed by atoms with E-state index in [4.69, 9.17) is 17.3 Å². The van der Waals surface area contributed by atoms with Crippen LogP contribution in [-0.4, -0.2) is 0 Å². The Morgan fingerprint density at radius 1 is 0.950 bits per heavy atom. The molecule has 2 aromatic rings. The van der Waals surface area contributed by atoms with Crippen LogP contribution in [-0.2, 0) is 5.41 Å². The Labute approximate surface area is 126 Å². The molecular weight excluding hydrogens is 266 g/mol. The van der Waals surface area contributed by atoms with E-state index >= 15 is 0 Å². The van der Waals surface area contributed by atoms with Gasteiger partial charge in [-0.15, -0.1) is 0 Å². The lowest BCUT2D eigenvalue weighted by Gasteiger charge is -2.39. The first-order valence-corrected chi connectivity index (χ1v) is 7.59. The van der Waals surface area contributed by atoms with E-state index in [1.165, 1.54) is 5.56 Å². The maximum Gasteiger partial charge on any atom is 0.0454 e. The Bertz CT molecular complexity index is 546. The Hall–Kier alpha value is -1.31. The van der Waals surface area contributed by atoms with Gasteiger partial charge in [0.25, 0.3) is 0 Å². The molecule has 0 aromatic heterocycles. The maximum atomic E-state index is 6.64. The number of hydrogen-bond donors (Lipinski definition) is 1. The van der Waals surface area contributed by atoms with Crippen LogP contribution in [0.2, 0.25) is 5.02 Å². The molecule has 2 heteroatoms. The Kier molecular flexibility index (Phi) is 4.85. The van der Waals surface area contributed by atoms with Gasteiger partial charge >= 0.3 is 0 Å². The third kappa shape index (κ3) is 2.61. The highest BCUT2D eigenvalue weighted by atomic mass is 35.5. The molecule has 0 bridgehead atoms. The topological polar surface area (TPSA) is 26.0 Å². The number of nitrogens with two attached hydrogens (primary N) is 1. The lowest BCUT2D eigenvalue weighted by Crippen LogP contribution is -2.38. The van der Waals surface area contributed by atoms with Crippen LogP contribution in [0.3, 0.4) is 0 Å². The quantitative estimate of drug-likeness (QED) is 0.813. The first-order chi connectivity index (χ1) is 9.65. The Morgan fingerprint density at radius 3 is 2.05 bits per heavy atom. The van der Waals surface area contributed by atoms with Gasteiger partial charge in [0, 0.05) is 16.5 Å². The lowest BCUT2D eigenvalue weighted by atomic mass is 9.68. The molecule has 106 valence electrons. The van der Waals surface area contributed by atoms with Crippen LogP contribution >= 0.6 is 11.6 Å². The summed E-state index contributed by atoms with van der Waals surface area (Å²) >= 11 is 6.35. The standard InChI is InChI=1S/C18H22ClN/c1-3-18(4-2,14-10-6-5-7-11-14)17(20)15-12-8-9-13-16(15)19/h5-13,17H,3-4,20H2,1-2H3. The average Bonchev–Trinajstić information content (AvgIpc) is 2.50. The molecule has 2 rings (SSSR count). The van der Waals surface area contributed by atoms with Gasteiger partial charge in [-0.2, -0.15) is 0 Å². The van der Waals surface area contributed by atoms with Crippen LogP contribution in [0.15, 0.2) is 54.6 Å². The van der Waals surface area contributed by atoms with Crippen molar-refractivity contribution < 1.29 is 0 Å². The third-order valence-electron chi connectivity index (χ3n) is 4.45. The van der Waals surface area contributed by atoms with Gasteiger partial charge in [0.05, 0.1) is 0 Å². The van der Waals surface area contributed by atoms with Gasteiger partial charge in [0.1, 0.15) is 0 Å². The highest BCUT2D eigenvalue weighted by Crippen LogP contribution is 2.43. The second kappa shape index (κ2) is 6.43. The van der Waals surface area contributed by atoms with E-state index in [2.05, 4.69) is 38.1 Å². The molecule has 2 N–H and O–H groups in total. The molecule has 0 saturated carbocycles. The van der Waals surface area contributed by atoms with Crippen molar-refractivity contribution in [2.75, 3.05) is 0 Å². The minimum Gasteiger partial charge on any atom is -0.323 e. The summed E-state index contributed by atoms with van der Waals surface area (Å²) in [7, 11) is 0. The summed E-state index contributed by atoms with van der Waals surface area (Å²) in [4.78, 5) is 0. The zero-order chi connectivity index (χ0) is 14.6. The van der Waals surface area contributed by atoms with Crippen LogP contribution in [0.4, 0.5) is 0 Å². The predicted molar refractivity (Wildman–Crippen MR) is 87.1 cm³/mol. The molecule has 1 unspecified atom stereocenters. The van der Waals surface area contributed by atoms with Crippen LogP contribution in [0.25, 0.3) is 0 Å². The van der Waals surface area contributed by atoms with E-state index in [1.54, 1.807) is 0 Å². The number of halogens is 1. The Morgan fingerprint density at radius 2 is 1.50 bits per heavy atom. The van der Waals surface area contributed by atoms with Crippen LogP contribution in [0, 0.1) is 0 Å². The fourth-order valence-corrected chi connectivity index (χ4v) is 3.33. The molecule has 1 atom stereocenters. The minimum atomic E-state index is -0.103. The van der Waals surface area contributed by atoms with Gasteiger partial charge < -0.3 is 5.73 Å². The van der Waals surface area contributed by atoms with Crippen molar-refractivity contribution in [2.45, 2.75) is 38.1 Å². The largest absolute Gasteiger partial charge is 0.323 e. The van der Waals surface area contributed by atoms with Crippen molar-refractivity contribution in [2.24, 2.45) is 5.73 Å². The molecule has 0 aliphatic carbocycles. The lowest BCUT2D eigenvalue weighted by molar-refractivity contribution is 0.322. The zero-order valence-corrected chi connectivity index (χ0v) is 12.9. The maximum absolute atomic E-state index is 6.64. The molecule has 0 aliphatic rings. The first kappa shape index (κ1) is 15.1. The van der Waals surface area contributed by atoms with Crippen molar-refractivity contribution in [3.8, 4) is 0 Å². The van der Waals surface area contributed by atoms with Crippen molar-refractivity contribution in [3.63, 3.8) is 0 Å². The van der Waals surface area contributed by atoms with Crippen LogP contribution < -0.4 is 5.73 Å². The molecular formula is C18H22ClN. The first-order valence-electron chi connectivity index (χ1n) is 7.21. The van der Waals surface area contributed by atoms with E-state index in [-0.39, 0.29) is 11.5 Å². The van der Waals surface area contributed by atoms with Crippen molar-refractivity contribution in [3.05, 3.63) is 70.7 Å².